The van der Waals surface area contributed by atoms with Gasteiger partial charge in [0.05, 0.1) is 7.11 Å². The van der Waals surface area contributed by atoms with Gasteiger partial charge in [-0.25, -0.2) is 0 Å². The number of methoxy groups -OCH3 is 1. The van der Waals surface area contributed by atoms with Gasteiger partial charge in [-0.1, -0.05) is 31.2 Å². The molecule has 0 saturated heterocycles. The summed E-state index contributed by atoms with van der Waals surface area (Å²) >= 11 is 0. The van der Waals surface area contributed by atoms with Crippen LogP contribution in [0.15, 0.2) is 42.0 Å². The second-order valence-corrected chi connectivity index (χ2v) is 3.58. The first kappa shape index (κ1) is 13.0. The largest absolute Gasteiger partial charge is 0.497 e. The normalized spacial score (nSPS) is 11.8. The van der Waals surface area contributed by atoms with Crippen molar-refractivity contribution in [3.8, 4) is 5.75 Å². The molecule has 0 aromatic heterocycles. The first-order valence-electron chi connectivity index (χ1n) is 5.48. The molecular formula is C14H17NO2. The molecule has 0 spiro atoms. The number of carbonyl (C=O) groups excluding carboxylic acids is 1. The third-order valence-electron chi connectivity index (χ3n) is 2.34. The Bertz CT molecular complexity index is 430. The molecule has 0 aliphatic heterocycles. The van der Waals surface area contributed by atoms with Crippen LogP contribution in [0.4, 0.5) is 0 Å². The lowest BCUT2D eigenvalue weighted by Gasteiger charge is -2.01. The van der Waals surface area contributed by atoms with Gasteiger partial charge in [0.15, 0.2) is 0 Å². The topological polar surface area (TPSA) is 52.3 Å². The highest BCUT2D eigenvalue weighted by molar-refractivity contribution is 5.86. The smallest absolute Gasteiger partial charge is 0.241 e. The van der Waals surface area contributed by atoms with Crippen LogP contribution in [0.3, 0.4) is 0 Å². The fraction of sp³-hybridized carbons (Fsp3) is 0.214. The van der Waals surface area contributed by atoms with Crippen LogP contribution >= 0.6 is 0 Å². The van der Waals surface area contributed by atoms with Gasteiger partial charge in [0, 0.05) is 6.08 Å². The number of allylic oxidation sites excluding steroid dienone is 2. The minimum Gasteiger partial charge on any atom is -0.497 e. The molecule has 1 aromatic rings. The SMILES string of the molecule is CCC(C=CC(N)=O)=Cc1ccc(OC)cc1. The number of benzene rings is 1. The van der Waals surface area contributed by atoms with Crippen LogP contribution in [0.1, 0.15) is 18.9 Å². The van der Waals surface area contributed by atoms with Crippen LogP contribution in [0.5, 0.6) is 5.75 Å². The van der Waals surface area contributed by atoms with Crippen LogP contribution in [-0.4, -0.2) is 13.0 Å². The number of rotatable bonds is 5. The monoisotopic (exact) mass is 231 g/mol. The average molecular weight is 231 g/mol. The fourth-order valence-electron chi connectivity index (χ4n) is 1.37. The first-order chi connectivity index (χ1) is 8.15. The van der Waals surface area contributed by atoms with E-state index in [1.54, 1.807) is 13.2 Å². The van der Waals surface area contributed by atoms with E-state index >= 15 is 0 Å². The fourth-order valence-corrected chi connectivity index (χ4v) is 1.37. The third-order valence-corrected chi connectivity index (χ3v) is 2.34. The highest BCUT2D eigenvalue weighted by Gasteiger charge is 1.94. The molecule has 17 heavy (non-hydrogen) atoms. The Kier molecular flexibility index (Phi) is 5.01. The van der Waals surface area contributed by atoms with Gasteiger partial charge in [-0.05, 0) is 29.7 Å². The Balaban J connectivity index is 2.86. The van der Waals surface area contributed by atoms with Gasteiger partial charge in [0.1, 0.15) is 5.75 Å². The summed E-state index contributed by atoms with van der Waals surface area (Å²) in [6.45, 7) is 2.03. The summed E-state index contributed by atoms with van der Waals surface area (Å²) < 4.78 is 5.08. The van der Waals surface area contributed by atoms with Crippen LogP contribution in [0.25, 0.3) is 6.08 Å². The van der Waals surface area contributed by atoms with Gasteiger partial charge >= 0.3 is 0 Å². The lowest BCUT2D eigenvalue weighted by atomic mass is 10.1. The molecule has 0 aliphatic rings. The van der Waals surface area contributed by atoms with Crippen LogP contribution in [0.2, 0.25) is 0 Å². The summed E-state index contributed by atoms with van der Waals surface area (Å²) in [5.74, 6) is 0.395. The van der Waals surface area contributed by atoms with E-state index in [1.165, 1.54) is 6.08 Å². The number of primary amides is 1. The van der Waals surface area contributed by atoms with Crippen LogP contribution < -0.4 is 10.5 Å². The summed E-state index contributed by atoms with van der Waals surface area (Å²) in [4.78, 5) is 10.6. The molecule has 1 aromatic carbocycles. The number of amides is 1. The van der Waals surface area contributed by atoms with Crippen LogP contribution in [0, 0.1) is 0 Å². The molecule has 0 unspecified atom stereocenters. The standard InChI is InChI=1S/C14H17NO2/c1-3-11(6-9-14(15)16)10-12-4-7-13(17-2)8-5-12/h4-10H,3H2,1-2H3,(H2,15,16). The molecule has 0 bridgehead atoms. The second-order valence-electron chi connectivity index (χ2n) is 3.58. The quantitative estimate of drug-likeness (QED) is 0.625. The van der Waals surface area contributed by atoms with E-state index in [-0.39, 0.29) is 0 Å². The maximum atomic E-state index is 10.6. The summed E-state index contributed by atoms with van der Waals surface area (Å²) in [6, 6.07) is 7.73. The predicted molar refractivity (Wildman–Crippen MR) is 69.6 cm³/mol. The van der Waals surface area contributed by atoms with Crippen molar-refractivity contribution in [2.24, 2.45) is 5.73 Å². The molecule has 2 N–H and O–H groups in total. The summed E-state index contributed by atoms with van der Waals surface area (Å²) in [7, 11) is 1.64. The van der Waals surface area contributed by atoms with Gasteiger partial charge in [0.2, 0.25) is 5.91 Å². The van der Waals surface area contributed by atoms with Crippen molar-refractivity contribution in [1.29, 1.82) is 0 Å². The van der Waals surface area contributed by atoms with Gasteiger partial charge in [-0.2, -0.15) is 0 Å². The molecular weight excluding hydrogens is 214 g/mol. The minimum absolute atomic E-state index is 0.431. The van der Waals surface area contributed by atoms with Gasteiger partial charge in [-0.3, -0.25) is 4.79 Å². The van der Waals surface area contributed by atoms with Crippen molar-refractivity contribution in [3.63, 3.8) is 0 Å². The zero-order valence-electron chi connectivity index (χ0n) is 10.1. The second kappa shape index (κ2) is 6.53. The van der Waals surface area contributed by atoms with E-state index in [1.807, 2.05) is 37.3 Å². The summed E-state index contributed by atoms with van der Waals surface area (Å²) in [5, 5.41) is 0. The molecule has 1 amide bonds. The van der Waals surface area contributed by atoms with Gasteiger partial charge in [0.25, 0.3) is 0 Å². The molecule has 0 aliphatic carbocycles. The number of hydrogen-bond acceptors (Lipinski definition) is 2. The molecule has 0 fully saturated rings. The Morgan fingerprint density at radius 1 is 1.29 bits per heavy atom. The Morgan fingerprint density at radius 2 is 1.94 bits per heavy atom. The minimum atomic E-state index is -0.431. The molecule has 3 nitrogen and oxygen atoms in total. The van der Waals surface area contributed by atoms with E-state index in [4.69, 9.17) is 10.5 Å². The van der Waals surface area contributed by atoms with Crippen molar-refractivity contribution in [2.45, 2.75) is 13.3 Å². The maximum absolute atomic E-state index is 10.6. The van der Waals surface area contributed by atoms with E-state index in [9.17, 15) is 4.79 Å². The lowest BCUT2D eigenvalue weighted by molar-refractivity contribution is -0.113. The van der Waals surface area contributed by atoms with E-state index < -0.39 is 5.91 Å². The van der Waals surface area contributed by atoms with E-state index in [0.29, 0.717) is 0 Å². The summed E-state index contributed by atoms with van der Waals surface area (Å²) in [5.41, 5.74) is 7.17. The highest BCUT2D eigenvalue weighted by Crippen LogP contribution is 2.15. The Morgan fingerprint density at radius 3 is 2.41 bits per heavy atom. The van der Waals surface area contributed by atoms with Crippen molar-refractivity contribution < 1.29 is 9.53 Å². The number of hydrogen-bond donors (Lipinski definition) is 1. The van der Waals surface area contributed by atoms with Gasteiger partial charge < -0.3 is 10.5 Å². The first-order valence-corrected chi connectivity index (χ1v) is 5.48. The molecule has 90 valence electrons. The van der Waals surface area contributed by atoms with Gasteiger partial charge in [-0.15, -0.1) is 0 Å². The van der Waals surface area contributed by atoms with E-state index in [0.717, 1.165) is 23.3 Å². The predicted octanol–water partition coefficient (Wildman–Crippen LogP) is 2.53. The zero-order valence-corrected chi connectivity index (χ0v) is 10.1. The van der Waals surface area contributed by atoms with Crippen LogP contribution in [-0.2, 0) is 4.79 Å². The third kappa shape index (κ3) is 4.55. The Hall–Kier alpha value is -2.03. The van der Waals surface area contributed by atoms with Crippen molar-refractivity contribution >= 4 is 12.0 Å². The van der Waals surface area contributed by atoms with Crippen molar-refractivity contribution in [2.75, 3.05) is 7.11 Å². The average Bonchev–Trinajstić information content (AvgIpc) is 2.35. The number of carbonyl (C=O) groups is 1. The molecule has 0 radical (unpaired) electrons. The molecule has 0 heterocycles. The maximum Gasteiger partial charge on any atom is 0.241 e. The highest BCUT2D eigenvalue weighted by atomic mass is 16.5. The lowest BCUT2D eigenvalue weighted by Crippen LogP contribution is -2.05. The molecule has 0 atom stereocenters. The number of nitrogens with two attached hydrogens (primary N) is 1. The molecule has 3 heteroatoms. The Labute approximate surface area is 102 Å². The summed E-state index contributed by atoms with van der Waals surface area (Å²) in [6.07, 6.45) is 5.97. The number of ether oxygens (including phenoxy) is 1. The molecule has 1 rings (SSSR count). The molecule has 0 saturated carbocycles. The van der Waals surface area contributed by atoms with Crippen molar-refractivity contribution in [1.82, 2.24) is 0 Å². The van der Waals surface area contributed by atoms with Crippen molar-refractivity contribution in [3.05, 3.63) is 47.6 Å². The van der Waals surface area contributed by atoms with E-state index in [2.05, 4.69) is 0 Å². The zero-order chi connectivity index (χ0) is 12.7.